The fraction of sp³-hybridized carbons (Fsp3) is 0.933. The van der Waals surface area contributed by atoms with Crippen LogP contribution in [0.25, 0.3) is 0 Å². The van der Waals surface area contributed by atoms with E-state index in [4.69, 9.17) is 43.4 Å². The van der Waals surface area contributed by atoms with Crippen molar-refractivity contribution in [2.45, 2.75) is 383 Å². The Morgan fingerprint density at radius 3 is 0.879 bits per heavy atom. The van der Waals surface area contributed by atoms with Crippen LogP contribution in [0.15, 0.2) is 0 Å². The zero-order valence-corrected chi connectivity index (χ0v) is 59.4. The molecular weight excluding hydrogens is 1160 g/mol. The Balaban J connectivity index is -0.000000284. The van der Waals surface area contributed by atoms with Crippen LogP contribution in [0.4, 0.5) is 4.79 Å². The smallest absolute Gasteiger partial charge is 0.465 e. The molecule has 0 aliphatic heterocycles. The number of hydrogen-bond acceptors (Lipinski definition) is 16. The lowest BCUT2D eigenvalue weighted by atomic mass is 10.0. The first-order valence-corrected chi connectivity index (χ1v) is 36.5. The van der Waals surface area contributed by atoms with Gasteiger partial charge in [0.25, 0.3) is 0 Å². The van der Waals surface area contributed by atoms with Crippen molar-refractivity contribution in [1.82, 2.24) is 0 Å². The summed E-state index contributed by atoms with van der Waals surface area (Å²) in [6.07, 6.45) is 59.8. The lowest BCUT2D eigenvalue weighted by Crippen LogP contribution is -2.28. The number of aliphatic hydroxyl groups excluding tert-OH is 2. The van der Waals surface area contributed by atoms with Gasteiger partial charge in [-0.15, -0.1) is 0 Å². The van der Waals surface area contributed by atoms with Crippen LogP contribution in [0.2, 0.25) is 0 Å². The molecule has 0 heterocycles. The van der Waals surface area contributed by atoms with Gasteiger partial charge in [0.05, 0.1) is 34.0 Å². The molecule has 0 bridgehead atoms. The normalized spacial score (nSPS) is 11.5. The highest BCUT2D eigenvalue weighted by Crippen LogP contribution is 2.18. The molecule has 0 saturated heterocycles. The Hall–Kier alpha value is -3.05. The van der Waals surface area contributed by atoms with Crippen molar-refractivity contribution in [3.8, 4) is 0 Å². The molecule has 0 spiro atoms. The van der Waals surface area contributed by atoms with Gasteiger partial charge in [0.15, 0.2) is 6.79 Å². The molecule has 0 aromatic rings. The maximum atomic E-state index is 12.0. The molecule has 91 heavy (non-hydrogen) atoms. The van der Waals surface area contributed by atoms with E-state index in [9.17, 15) is 24.0 Å². The molecule has 0 saturated carbocycles. The van der Waals surface area contributed by atoms with Gasteiger partial charge in [-0.1, -0.05) is 326 Å². The first-order chi connectivity index (χ1) is 43.3. The second kappa shape index (κ2) is 87.0. The van der Waals surface area contributed by atoms with Gasteiger partial charge >= 0.3 is 30.0 Å². The Morgan fingerprint density at radius 1 is 0.363 bits per heavy atom. The van der Waals surface area contributed by atoms with E-state index in [0.29, 0.717) is 31.8 Å². The van der Waals surface area contributed by atoms with Crippen molar-refractivity contribution in [1.29, 1.82) is 0 Å². The summed E-state index contributed by atoms with van der Waals surface area (Å²) < 4.78 is 43.7. The minimum atomic E-state index is -0.954. The van der Waals surface area contributed by atoms with Gasteiger partial charge in [-0.05, 0) is 25.2 Å². The fourth-order valence-electron chi connectivity index (χ4n) is 9.62. The van der Waals surface area contributed by atoms with Crippen molar-refractivity contribution in [3.05, 3.63) is 0 Å². The molecule has 0 aromatic carbocycles. The van der Waals surface area contributed by atoms with Gasteiger partial charge in [-0.2, -0.15) is 0 Å². The van der Waals surface area contributed by atoms with E-state index < -0.39 is 24.3 Å². The van der Waals surface area contributed by atoms with Crippen LogP contribution in [-0.4, -0.2) is 120 Å². The molecule has 0 aliphatic rings. The van der Waals surface area contributed by atoms with Gasteiger partial charge in [0, 0.05) is 33.3 Å². The van der Waals surface area contributed by atoms with Crippen molar-refractivity contribution >= 4 is 30.0 Å². The Labute approximate surface area is 561 Å². The summed E-state index contributed by atoms with van der Waals surface area (Å²) in [5.41, 5.74) is 0. The summed E-state index contributed by atoms with van der Waals surface area (Å²) in [7, 11) is 4.02. The van der Waals surface area contributed by atoms with Crippen LogP contribution < -0.4 is 0 Å². The molecule has 548 valence electrons. The number of methoxy groups -OCH3 is 3. The summed E-state index contributed by atoms with van der Waals surface area (Å²) in [5.74, 6) is -0.433. The first kappa shape index (κ1) is 99.0. The first-order valence-electron chi connectivity index (χ1n) is 36.5. The Kier molecular flexibility index (Phi) is 94.6. The number of aliphatic hydroxyl groups is 2. The van der Waals surface area contributed by atoms with E-state index in [1.54, 1.807) is 0 Å². The number of hydrogen-bond donors (Lipinski definition) is 2. The van der Waals surface area contributed by atoms with Crippen LogP contribution in [0, 0.1) is 5.92 Å². The molecule has 0 amide bonds. The van der Waals surface area contributed by atoms with E-state index in [0.717, 1.165) is 38.5 Å². The van der Waals surface area contributed by atoms with Gasteiger partial charge in [0.2, 0.25) is 0 Å². The van der Waals surface area contributed by atoms with E-state index in [1.165, 1.54) is 285 Å². The summed E-state index contributed by atoms with van der Waals surface area (Å²) in [6, 6.07) is 0. The number of carbonyl (C=O) groups is 5. The Morgan fingerprint density at radius 2 is 0.637 bits per heavy atom. The summed E-state index contributed by atoms with van der Waals surface area (Å²) >= 11 is 0. The molecule has 2 N–H and O–H groups in total. The van der Waals surface area contributed by atoms with E-state index in [1.807, 2.05) is 0 Å². The molecule has 0 fully saturated rings. The third kappa shape index (κ3) is 93.4. The standard InChI is InChI=1S/C26H50O7.C23H46O2.C21H42O4.C3H6O3.2CH4/c1-4-5-6-7-8-9-10-11-12-13-14-15-16-17-18-19-26(28)31-21-25(33-22-29-3)20-30-23-32-24(2)27;1-4-6-7-8-9-10-11-12-13-14-15-16-17-18-19-20-23(24)25-21-22(3)5-2;1-2-3-4-5-6-7-8-9-10-11-12-13-14-15-16-17-21(24)25-19-20(23)18-22;1-5-3(4)6-2;;/h25H,4-23H2,1-3H3;22H,4-21H2,1-3H3;20,22-23H,2-19H2,1H3;1-2H3;2*1H4. The molecule has 0 rings (SSSR count). The number of esters is 4. The molecule has 16 heteroatoms. The maximum absolute atomic E-state index is 12.0. The summed E-state index contributed by atoms with van der Waals surface area (Å²) in [4.78, 5) is 55.4. The number of rotatable bonds is 63. The van der Waals surface area contributed by atoms with Crippen LogP contribution >= 0.6 is 0 Å². The highest BCUT2D eigenvalue weighted by Gasteiger charge is 2.14. The average molecular weight is 1310 g/mol. The van der Waals surface area contributed by atoms with Crippen LogP contribution in [0.1, 0.15) is 371 Å². The third-order valence-corrected chi connectivity index (χ3v) is 15.7. The van der Waals surface area contributed by atoms with Gasteiger partial charge in [-0.25, -0.2) is 4.79 Å². The van der Waals surface area contributed by atoms with Crippen LogP contribution in [0.5, 0.6) is 0 Å². The minimum Gasteiger partial charge on any atom is -0.465 e. The Bertz CT molecular complexity index is 1370. The number of ether oxygens (including phenoxy) is 9. The molecule has 3 atom stereocenters. The summed E-state index contributed by atoms with van der Waals surface area (Å²) in [5, 5.41) is 17.7. The number of unbranched alkanes of at least 4 members (excludes halogenated alkanes) is 42. The molecule has 0 aromatic heterocycles. The minimum absolute atomic E-state index is 0. The predicted octanol–water partition coefficient (Wildman–Crippen LogP) is 21.0. The lowest BCUT2D eigenvalue weighted by molar-refractivity contribution is -0.168. The molecule has 3 unspecified atom stereocenters. The SMILES string of the molecule is C.C.CCCCCCCCCCCCCCCCCC(=O)OCC(C)CC.CCCCCCCCCCCCCCCCCC(=O)OCC(COCOC(C)=O)OCOC.CCCCCCCCCCCCCCCCCC(=O)OCC(O)CO.COC(=O)OC. The van der Waals surface area contributed by atoms with Gasteiger partial charge in [0.1, 0.15) is 32.2 Å². The lowest BCUT2D eigenvalue weighted by Gasteiger charge is -2.17. The third-order valence-electron chi connectivity index (χ3n) is 15.7. The topological polar surface area (TPSA) is 209 Å². The second-order valence-corrected chi connectivity index (χ2v) is 24.5. The van der Waals surface area contributed by atoms with Crippen molar-refractivity contribution in [2.24, 2.45) is 5.92 Å². The maximum Gasteiger partial charge on any atom is 0.507 e. The highest BCUT2D eigenvalue weighted by atomic mass is 16.7. The molecular formula is C75H152O16. The molecule has 16 nitrogen and oxygen atoms in total. The number of carbonyl (C=O) groups excluding carboxylic acids is 5. The highest BCUT2D eigenvalue weighted by molar-refractivity contribution is 5.70. The second-order valence-electron chi connectivity index (χ2n) is 24.5. The van der Waals surface area contributed by atoms with Gasteiger partial charge < -0.3 is 52.8 Å². The van der Waals surface area contributed by atoms with Crippen molar-refractivity contribution in [3.63, 3.8) is 0 Å². The van der Waals surface area contributed by atoms with Crippen LogP contribution in [-0.2, 0) is 61.8 Å². The fourth-order valence-corrected chi connectivity index (χ4v) is 9.62. The quantitative estimate of drug-likeness (QED) is 0.0251. The zero-order chi connectivity index (χ0) is 66.6. The zero-order valence-electron chi connectivity index (χ0n) is 59.4. The molecule has 0 radical (unpaired) electrons. The van der Waals surface area contributed by atoms with Crippen molar-refractivity contribution in [2.75, 3.05) is 67.9 Å². The summed E-state index contributed by atoms with van der Waals surface area (Å²) in [6.45, 7) is 12.6. The largest absolute Gasteiger partial charge is 0.507 e. The van der Waals surface area contributed by atoms with Gasteiger partial charge in [-0.3, -0.25) is 19.2 Å². The average Bonchev–Trinajstić information content (AvgIpc) is 3.57. The van der Waals surface area contributed by atoms with E-state index >= 15 is 0 Å². The van der Waals surface area contributed by atoms with E-state index in [2.05, 4.69) is 44.1 Å². The monoisotopic (exact) mass is 1310 g/mol. The molecule has 0 aliphatic carbocycles. The van der Waals surface area contributed by atoms with E-state index in [-0.39, 0.29) is 72.8 Å². The van der Waals surface area contributed by atoms with Crippen LogP contribution in [0.3, 0.4) is 0 Å². The predicted molar refractivity (Wildman–Crippen MR) is 376 cm³/mol. The van der Waals surface area contributed by atoms with Crippen molar-refractivity contribution < 1.29 is 76.8 Å².